The largest absolute Gasteiger partial charge is 0.511 e. The number of carbonyl (C=O) groups is 1. The van der Waals surface area contributed by atoms with Gasteiger partial charge in [0.2, 0.25) is 0 Å². The van der Waals surface area contributed by atoms with E-state index in [4.69, 9.17) is 4.74 Å². The fraction of sp³-hybridized carbons (Fsp3) is 0.286. The maximum atomic E-state index is 11.6. The lowest BCUT2D eigenvalue weighted by Crippen LogP contribution is -2.24. The van der Waals surface area contributed by atoms with Crippen molar-refractivity contribution in [3.8, 4) is 0 Å². The molecule has 0 aliphatic carbocycles. The first-order chi connectivity index (χ1) is 8.56. The maximum absolute atomic E-state index is 11.6. The minimum Gasteiger partial charge on any atom is -0.511 e. The van der Waals surface area contributed by atoms with Gasteiger partial charge in [-0.25, -0.2) is 4.79 Å². The third-order valence-electron chi connectivity index (χ3n) is 2.70. The topological polar surface area (TPSA) is 58.9 Å². The highest BCUT2D eigenvalue weighted by atomic mass is 16.5. The lowest BCUT2D eigenvalue weighted by molar-refractivity contribution is -0.144. The first-order valence-electron chi connectivity index (χ1n) is 5.80. The molecule has 2 rings (SSSR count). The Morgan fingerprint density at radius 2 is 2.06 bits per heavy atom. The van der Waals surface area contributed by atoms with E-state index < -0.39 is 5.97 Å². The lowest BCUT2D eigenvalue weighted by Gasteiger charge is -2.19. The van der Waals surface area contributed by atoms with Gasteiger partial charge in [-0.3, -0.25) is 4.99 Å². The Labute approximate surface area is 106 Å². The molecule has 0 amide bonds. The molecule has 1 aliphatic heterocycles. The highest BCUT2D eigenvalue weighted by Crippen LogP contribution is 2.19. The van der Waals surface area contributed by atoms with Crippen LogP contribution in [0.3, 0.4) is 0 Å². The zero-order valence-corrected chi connectivity index (χ0v) is 10.4. The zero-order valence-electron chi connectivity index (χ0n) is 10.4. The molecular formula is C14H15NO3. The molecule has 1 unspecified atom stereocenters. The second-order valence-electron chi connectivity index (χ2n) is 4.37. The van der Waals surface area contributed by atoms with E-state index in [1.165, 1.54) is 6.21 Å². The van der Waals surface area contributed by atoms with Crippen LogP contribution < -0.4 is 0 Å². The van der Waals surface area contributed by atoms with Crippen molar-refractivity contribution in [2.45, 2.75) is 26.4 Å². The van der Waals surface area contributed by atoms with Crippen LogP contribution in [0.15, 0.2) is 40.6 Å². The maximum Gasteiger partial charge on any atom is 0.343 e. The predicted octanol–water partition coefficient (Wildman–Crippen LogP) is 2.84. The first-order valence-corrected chi connectivity index (χ1v) is 5.80. The summed E-state index contributed by atoms with van der Waals surface area (Å²) in [6.07, 6.45) is 1.41. The molecule has 1 heterocycles. The number of nitrogens with zero attached hydrogens (tertiary/aromatic N) is 1. The molecular weight excluding hydrogens is 230 g/mol. The number of hydrogen-bond donors (Lipinski definition) is 1. The predicted molar refractivity (Wildman–Crippen MR) is 69.2 cm³/mol. The molecule has 94 valence electrons. The van der Waals surface area contributed by atoms with E-state index in [-0.39, 0.29) is 17.4 Å². The standard InChI is InChI=1S/C14H15NO3/c1-9-3-5-11(6-4-9)15-8-12-13(16)7-10(2)18-14(12)17/h3-6,8,10,16H,7H2,1-2H3. The average Bonchev–Trinajstić information content (AvgIpc) is 2.30. The molecule has 1 atom stereocenters. The summed E-state index contributed by atoms with van der Waals surface area (Å²) in [6, 6.07) is 7.56. The Morgan fingerprint density at radius 1 is 1.39 bits per heavy atom. The molecule has 1 N–H and O–H groups in total. The number of aryl methyl sites for hydroxylation is 1. The van der Waals surface area contributed by atoms with Gasteiger partial charge in [0.25, 0.3) is 0 Å². The molecule has 4 heteroatoms. The third kappa shape index (κ3) is 2.77. The number of cyclic esters (lactones) is 1. The van der Waals surface area contributed by atoms with E-state index in [1.807, 2.05) is 31.2 Å². The van der Waals surface area contributed by atoms with Crippen LogP contribution in [-0.2, 0) is 9.53 Å². The SMILES string of the molecule is Cc1ccc(N=CC2=C(O)CC(C)OC2=O)cc1. The highest BCUT2D eigenvalue weighted by Gasteiger charge is 2.24. The number of benzene rings is 1. The van der Waals surface area contributed by atoms with Gasteiger partial charge in [-0.1, -0.05) is 17.7 Å². The summed E-state index contributed by atoms with van der Waals surface area (Å²) < 4.78 is 5.03. The van der Waals surface area contributed by atoms with Crippen molar-refractivity contribution in [3.05, 3.63) is 41.2 Å². The number of aliphatic imine (C=N–C) groups is 1. The summed E-state index contributed by atoms with van der Waals surface area (Å²) in [5.41, 5.74) is 2.00. The Kier molecular flexibility index (Phi) is 3.46. The molecule has 4 nitrogen and oxygen atoms in total. The first kappa shape index (κ1) is 12.4. The molecule has 1 aromatic rings. The summed E-state index contributed by atoms with van der Waals surface area (Å²) >= 11 is 0. The van der Waals surface area contributed by atoms with E-state index in [0.717, 1.165) is 11.3 Å². The minimum absolute atomic E-state index is 0.0367. The molecule has 0 radical (unpaired) electrons. The molecule has 0 saturated heterocycles. The molecule has 0 spiro atoms. The quantitative estimate of drug-likeness (QED) is 0.643. The van der Waals surface area contributed by atoms with Crippen LogP contribution in [0, 0.1) is 6.92 Å². The van der Waals surface area contributed by atoms with Crippen LogP contribution in [0.2, 0.25) is 0 Å². The Bertz CT molecular complexity index is 514. The fourth-order valence-corrected chi connectivity index (χ4v) is 1.69. The van der Waals surface area contributed by atoms with Gasteiger partial charge < -0.3 is 9.84 Å². The normalized spacial score (nSPS) is 20.3. The average molecular weight is 245 g/mol. The van der Waals surface area contributed by atoms with Gasteiger partial charge in [-0.2, -0.15) is 0 Å². The van der Waals surface area contributed by atoms with Gasteiger partial charge in [-0.05, 0) is 26.0 Å². The number of esters is 1. The number of aliphatic hydroxyl groups is 1. The molecule has 18 heavy (non-hydrogen) atoms. The van der Waals surface area contributed by atoms with Gasteiger partial charge in [0, 0.05) is 12.6 Å². The van der Waals surface area contributed by atoms with Gasteiger partial charge >= 0.3 is 5.97 Å². The smallest absolute Gasteiger partial charge is 0.343 e. The summed E-state index contributed by atoms with van der Waals surface area (Å²) in [6.45, 7) is 3.73. The van der Waals surface area contributed by atoms with Crippen molar-refractivity contribution in [3.63, 3.8) is 0 Å². The molecule has 0 aromatic heterocycles. The van der Waals surface area contributed by atoms with Crippen LogP contribution in [0.4, 0.5) is 5.69 Å². The van der Waals surface area contributed by atoms with Crippen LogP contribution in [0.25, 0.3) is 0 Å². The van der Waals surface area contributed by atoms with Gasteiger partial charge in [-0.15, -0.1) is 0 Å². The minimum atomic E-state index is -0.526. The van der Waals surface area contributed by atoms with Crippen molar-refractivity contribution >= 4 is 17.9 Å². The summed E-state index contributed by atoms with van der Waals surface area (Å²) in [4.78, 5) is 15.7. The van der Waals surface area contributed by atoms with Crippen LogP contribution in [0.1, 0.15) is 18.9 Å². The van der Waals surface area contributed by atoms with Gasteiger partial charge in [0.15, 0.2) is 0 Å². The highest BCUT2D eigenvalue weighted by molar-refractivity contribution is 6.10. The second kappa shape index (κ2) is 5.04. The van der Waals surface area contributed by atoms with Gasteiger partial charge in [0.1, 0.15) is 17.4 Å². The molecule has 1 aromatic carbocycles. The van der Waals surface area contributed by atoms with Crippen LogP contribution >= 0.6 is 0 Å². The molecule has 0 bridgehead atoms. The van der Waals surface area contributed by atoms with Crippen LogP contribution in [0.5, 0.6) is 0 Å². The van der Waals surface area contributed by atoms with Crippen molar-refractivity contribution in [2.75, 3.05) is 0 Å². The number of hydrogen-bond acceptors (Lipinski definition) is 4. The third-order valence-corrected chi connectivity index (χ3v) is 2.70. The fourth-order valence-electron chi connectivity index (χ4n) is 1.69. The van der Waals surface area contributed by atoms with E-state index in [0.29, 0.717) is 6.42 Å². The molecule has 1 aliphatic rings. The summed E-state index contributed by atoms with van der Waals surface area (Å²) in [7, 11) is 0. The summed E-state index contributed by atoms with van der Waals surface area (Å²) in [5.74, 6) is -0.489. The molecule has 0 fully saturated rings. The summed E-state index contributed by atoms with van der Waals surface area (Å²) in [5, 5.41) is 9.72. The lowest BCUT2D eigenvalue weighted by atomic mass is 10.1. The van der Waals surface area contributed by atoms with Crippen LogP contribution in [-0.4, -0.2) is 23.4 Å². The Hall–Kier alpha value is -2.10. The Balaban J connectivity index is 2.20. The van der Waals surface area contributed by atoms with Gasteiger partial charge in [0.05, 0.1) is 5.69 Å². The van der Waals surface area contributed by atoms with E-state index in [9.17, 15) is 9.90 Å². The zero-order chi connectivity index (χ0) is 13.1. The molecule has 0 saturated carbocycles. The number of aliphatic hydroxyl groups excluding tert-OH is 1. The monoisotopic (exact) mass is 245 g/mol. The number of rotatable bonds is 2. The number of carbonyl (C=O) groups excluding carboxylic acids is 1. The van der Waals surface area contributed by atoms with E-state index >= 15 is 0 Å². The van der Waals surface area contributed by atoms with Crippen molar-refractivity contribution in [1.29, 1.82) is 0 Å². The van der Waals surface area contributed by atoms with Crippen molar-refractivity contribution < 1.29 is 14.6 Å². The number of ether oxygens (including phenoxy) is 1. The Morgan fingerprint density at radius 3 is 2.67 bits per heavy atom. The van der Waals surface area contributed by atoms with E-state index in [1.54, 1.807) is 6.92 Å². The second-order valence-corrected chi connectivity index (χ2v) is 4.37. The van der Waals surface area contributed by atoms with Crippen molar-refractivity contribution in [1.82, 2.24) is 0 Å². The van der Waals surface area contributed by atoms with Crippen molar-refractivity contribution in [2.24, 2.45) is 4.99 Å². The van der Waals surface area contributed by atoms with E-state index in [2.05, 4.69) is 4.99 Å².